The molecule has 3 aromatic rings. The second-order valence-corrected chi connectivity index (χ2v) is 7.23. The first kappa shape index (κ1) is 19.8. The Labute approximate surface area is 177 Å². The molecule has 1 atom stereocenters. The van der Waals surface area contributed by atoms with Gasteiger partial charge >= 0.3 is 0 Å². The smallest absolute Gasteiger partial charge is 0.296 e. The standard InChI is InChI=1S/C23H18ClNO5/c1-29-17-5-2-4-15(12-17)21(26)19-20(14-7-9-16(24)10-8-14)25(23(28)22(19)27)13-18-6-3-11-30-18/h2-12,20,26H,13H2,1H3/b21-19+. The predicted octanol–water partition coefficient (Wildman–Crippen LogP) is 4.56. The van der Waals surface area contributed by atoms with Crippen LogP contribution in [0.5, 0.6) is 5.75 Å². The molecule has 0 bridgehead atoms. The molecule has 1 aliphatic rings. The molecule has 1 amide bonds. The van der Waals surface area contributed by atoms with E-state index in [1.807, 2.05) is 0 Å². The van der Waals surface area contributed by atoms with Gasteiger partial charge in [0.15, 0.2) is 0 Å². The lowest BCUT2D eigenvalue weighted by molar-refractivity contribution is -0.140. The third kappa shape index (κ3) is 3.57. The summed E-state index contributed by atoms with van der Waals surface area (Å²) in [6.07, 6.45) is 1.50. The van der Waals surface area contributed by atoms with Crippen LogP contribution in [-0.4, -0.2) is 28.8 Å². The van der Waals surface area contributed by atoms with Crippen molar-refractivity contribution in [3.8, 4) is 5.75 Å². The number of carbonyl (C=O) groups is 2. The number of aliphatic hydroxyl groups excluding tert-OH is 1. The van der Waals surface area contributed by atoms with Crippen molar-refractivity contribution in [3.63, 3.8) is 0 Å². The van der Waals surface area contributed by atoms with Crippen molar-refractivity contribution in [2.45, 2.75) is 12.6 Å². The van der Waals surface area contributed by atoms with Crippen molar-refractivity contribution in [1.82, 2.24) is 4.90 Å². The summed E-state index contributed by atoms with van der Waals surface area (Å²) >= 11 is 6.02. The van der Waals surface area contributed by atoms with Crippen LogP contribution in [0.2, 0.25) is 5.02 Å². The molecule has 152 valence electrons. The number of likely N-dealkylation sites (tertiary alicyclic amines) is 1. The molecule has 0 spiro atoms. The minimum atomic E-state index is -0.793. The van der Waals surface area contributed by atoms with Gasteiger partial charge in [0, 0.05) is 10.6 Å². The molecule has 30 heavy (non-hydrogen) atoms. The predicted molar refractivity (Wildman–Crippen MR) is 111 cm³/mol. The Balaban J connectivity index is 1.86. The van der Waals surface area contributed by atoms with E-state index >= 15 is 0 Å². The average molecular weight is 424 g/mol. The molecule has 1 fully saturated rings. The largest absolute Gasteiger partial charge is 0.507 e. The number of carbonyl (C=O) groups excluding carboxylic acids is 2. The van der Waals surface area contributed by atoms with Gasteiger partial charge in [0.05, 0.1) is 31.5 Å². The SMILES string of the molecule is COc1cccc(/C(O)=C2\C(=O)C(=O)N(Cc3ccco3)C2c2ccc(Cl)cc2)c1. The number of ether oxygens (including phenoxy) is 1. The number of Topliss-reactive ketones (excluding diaryl/α,β-unsaturated/α-hetero) is 1. The Morgan fingerprint density at radius 3 is 2.57 bits per heavy atom. The first-order valence-corrected chi connectivity index (χ1v) is 9.58. The number of methoxy groups -OCH3 is 1. The number of amides is 1. The molecule has 0 aliphatic carbocycles. The van der Waals surface area contributed by atoms with E-state index in [9.17, 15) is 14.7 Å². The van der Waals surface area contributed by atoms with E-state index in [1.165, 1.54) is 18.3 Å². The van der Waals surface area contributed by atoms with Crippen molar-refractivity contribution in [1.29, 1.82) is 0 Å². The summed E-state index contributed by atoms with van der Waals surface area (Å²) in [5.41, 5.74) is 1.03. The number of benzene rings is 2. The Morgan fingerprint density at radius 2 is 1.90 bits per heavy atom. The molecule has 1 saturated heterocycles. The van der Waals surface area contributed by atoms with Crippen LogP contribution in [0.3, 0.4) is 0 Å². The van der Waals surface area contributed by atoms with Gasteiger partial charge in [0.2, 0.25) is 0 Å². The first-order chi connectivity index (χ1) is 14.5. The van der Waals surface area contributed by atoms with E-state index in [1.54, 1.807) is 60.7 Å². The number of hydrogen-bond donors (Lipinski definition) is 1. The van der Waals surface area contributed by atoms with Crippen molar-refractivity contribution in [2.24, 2.45) is 0 Å². The molecule has 1 N–H and O–H groups in total. The summed E-state index contributed by atoms with van der Waals surface area (Å²) in [6, 6.07) is 16.1. The summed E-state index contributed by atoms with van der Waals surface area (Å²) in [7, 11) is 1.51. The third-order valence-corrected chi connectivity index (χ3v) is 5.23. The van der Waals surface area contributed by atoms with Gasteiger partial charge in [-0.05, 0) is 42.0 Å². The van der Waals surface area contributed by atoms with Crippen molar-refractivity contribution in [3.05, 3.63) is 94.4 Å². The number of aliphatic hydroxyl groups is 1. The number of furan rings is 1. The van der Waals surface area contributed by atoms with Gasteiger partial charge in [0.25, 0.3) is 11.7 Å². The van der Waals surface area contributed by atoms with E-state index in [2.05, 4.69) is 0 Å². The highest BCUT2D eigenvalue weighted by molar-refractivity contribution is 6.46. The zero-order chi connectivity index (χ0) is 21.3. The van der Waals surface area contributed by atoms with Gasteiger partial charge in [-0.3, -0.25) is 9.59 Å². The molecule has 2 aromatic carbocycles. The summed E-state index contributed by atoms with van der Waals surface area (Å²) in [5.74, 6) is -0.698. The lowest BCUT2D eigenvalue weighted by atomic mass is 9.95. The highest BCUT2D eigenvalue weighted by Gasteiger charge is 2.46. The number of halogens is 1. The molecular weight excluding hydrogens is 406 g/mol. The molecule has 1 aromatic heterocycles. The fourth-order valence-corrected chi connectivity index (χ4v) is 3.66. The second-order valence-electron chi connectivity index (χ2n) is 6.79. The van der Waals surface area contributed by atoms with E-state index in [0.29, 0.717) is 27.7 Å². The highest BCUT2D eigenvalue weighted by Crippen LogP contribution is 2.40. The zero-order valence-corrected chi connectivity index (χ0v) is 16.8. The Hall–Kier alpha value is -3.51. The number of nitrogens with zero attached hydrogens (tertiary/aromatic N) is 1. The molecule has 0 radical (unpaired) electrons. The molecule has 1 unspecified atom stereocenters. The van der Waals surface area contributed by atoms with E-state index in [4.69, 9.17) is 20.8 Å². The monoisotopic (exact) mass is 423 g/mol. The summed E-state index contributed by atoms with van der Waals surface area (Å²) in [6.45, 7) is 0.0831. The molecule has 6 nitrogen and oxygen atoms in total. The summed E-state index contributed by atoms with van der Waals surface area (Å²) < 4.78 is 10.6. The van der Waals surface area contributed by atoms with Gasteiger partial charge in [-0.25, -0.2) is 0 Å². The number of hydrogen-bond acceptors (Lipinski definition) is 5. The maximum absolute atomic E-state index is 13.0. The lowest BCUT2D eigenvalue weighted by Crippen LogP contribution is -2.29. The maximum atomic E-state index is 13.0. The van der Waals surface area contributed by atoms with Gasteiger partial charge in [-0.1, -0.05) is 35.9 Å². The molecule has 0 saturated carbocycles. The summed E-state index contributed by atoms with van der Waals surface area (Å²) in [5, 5.41) is 11.6. The average Bonchev–Trinajstić information content (AvgIpc) is 3.36. The maximum Gasteiger partial charge on any atom is 0.296 e. The van der Waals surface area contributed by atoms with Gasteiger partial charge in [-0.15, -0.1) is 0 Å². The second kappa shape index (κ2) is 8.08. The first-order valence-electron chi connectivity index (χ1n) is 9.20. The van der Waals surface area contributed by atoms with Crippen LogP contribution in [0.15, 0.2) is 76.9 Å². The molecule has 1 aliphatic heterocycles. The van der Waals surface area contributed by atoms with Crippen LogP contribution in [0.1, 0.15) is 22.9 Å². The minimum absolute atomic E-state index is 0.00197. The normalized spacial score (nSPS) is 18.1. The third-order valence-electron chi connectivity index (χ3n) is 4.98. The van der Waals surface area contributed by atoms with Crippen LogP contribution >= 0.6 is 11.6 Å². The Kier molecular flexibility index (Phi) is 5.33. The molecule has 7 heteroatoms. The van der Waals surface area contributed by atoms with Crippen molar-refractivity contribution < 1.29 is 23.8 Å². The minimum Gasteiger partial charge on any atom is -0.507 e. The van der Waals surface area contributed by atoms with E-state index in [-0.39, 0.29) is 17.9 Å². The number of rotatable bonds is 5. The highest BCUT2D eigenvalue weighted by atomic mass is 35.5. The van der Waals surface area contributed by atoms with Gasteiger partial charge < -0.3 is 19.2 Å². The van der Waals surface area contributed by atoms with Crippen molar-refractivity contribution >= 4 is 29.1 Å². The zero-order valence-electron chi connectivity index (χ0n) is 16.0. The van der Waals surface area contributed by atoms with Crippen LogP contribution < -0.4 is 4.74 Å². The summed E-state index contributed by atoms with van der Waals surface area (Å²) in [4.78, 5) is 27.2. The Morgan fingerprint density at radius 1 is 1.13 bits per heavy atom. The lowest BCUT2D eigenvalue weighted by Gasteiger charge is -2.24. The Bertz CT molecular complexity index is 1120. The fourth-order valence-electron chi connectivity index (χ4n) is 3.53. The number of ketones is 1. The quantitative estimate of drug-likeness (QED) is 0.369. The van der Waals surface area contributed by atoms with Crippen LogP contribution in [-0.2, 0) is 16.1 Å². The molecule has 4 rings (SSSR count). The van der Waals surface area contributed by atoms with Crippen LogP contribution in [0.4, 0.5) is 0 Å². The fraction of sp³-hybridized carbons (Fsp3) is 0.130. The van der Waals surface area contributed by atoms with E-state index in [0.717, 1.165) is 0 Å². The van der Waals surface area contributed by atoms with Crippen molar-refractivity contribution in [2.75, 3.05) is 7.11 Å². The topological polar surface area (TPSA) is 80.0 Å². The molecule has 2 heterocycles. The molecular formula is C23H18ClNO5. The van der Waals surface area contributed by atoms with E-state index < -0.39 is 17.7 Å². The van der Waals surface area contributed by atoms with Gasteiger partial charge in [0.1, 0.15) is 17.3 Å². The van der Waals surface area contributed by atoms with Crippen LogP contribution in [0, 0.1) is 0 Å². The van der Waals surface area contributed by atoms with Crippen LogP contribution in [0.25, 0.3) is 5.76 Å². The van der Waals surface area contributed by atoms with Gasteiger partial charge in [-0.2, -0.15) is 0 Å².